The molecule has 0 bridgehead atoms. The van der Waals surface area contributed by atoms with E-state index >= 15 is 0 Å². The number of hydrogen-bond donors (Lipinski definition) is 2. The Morgan fingerprint density at radius 1 is 1.31 bits per heavy atom. The van der Waals surface area contributed by atoms with Gasteiger partial charge in [-0.25, -0.2) is 4.98 Å². The van der Waals surface area contributed by atoms with Gasteiger partial charge in [-0.3, -0.25) is 0 Å². The molecule has 0 radical (unpaired) electrons. The van der Waals surface area contributed by atoms with E-state index in [1.807, 2.05) is 6.33 Å². The summed E-state index contributed by atoms with van der Waals surface area (Å²) in [6.07, 6.45) is 11.0. The molecule has 0 saturated carbocycles. The van der Waals surface area contributed by atoms with Crippen molar-refractivity contribution in [1.82, 2.24) is 15.3 Å². The smallest absolute Gasteiger partial charge is 0.0925 e. The standard InChI is InChI=1S/C13H23N3/c1-2-3-4-5-6-7-11-13-12(8-9-14-11)15-10-16-13/h10-11,14H,2-9H2,1H3,(H,15,16). The molecule has 3 nitrogen and oxygen atoms in total. The van der Waals surface area contributed by atoms with Crippen molar-refractivity contribution in [1.29, 1.82) is 0 Å². The van der Waals surface area contributed by atoms with Gasteiger partial charge < -0.3 is 10.3 Å². The van der Waals surface area contributed by atoms with Crippen molar-refractivity contribution in [3.63, 3.8) is 0 Å². The van der Waals surface area contributed by atoms with E-state index in [1.54, 1.807) is 0 Å². The van der Waals surface area contributed by atoms with Crippen molar-refractivity contribution >= 4 is 0 Å². The summed E-state index contributed by atoms with van der Waals surface area (Å²) < 4.78 is 0. The van der Waals surface area contributed by atoms with Crippen LogP contribution in [0.1, 0.15) is 62.9 Å². The zero-order chi connectivity index (χ0) is 11.2. The molecule has 2 heterocycles. The molecular weight excluding hydrogens is 198 g/mol. The predicted molar refractivity (Wildman–Crippen MR) is 66.4 cm³/mol. The zero-order valence-electron chi connectivity index (χ0n) is 10.3. The van der Waals surface area contributed by atoms with Gasteiger partial charge >= 0.3 is 0 Å². The summed E-state index contributed by atoms with van der Waals surface area (Å²) in [7, 11) is 0. The van der Waals surface area contributed by atoms with Gasteiger partial charge in [0, 0.05) is 18.7 Å². The molecule has 1 aliphatic rings. The minimum Gasteiger partial charge on any atom is -0.348 e. The highest BCUT2D eigenvalue weighted by atomic mass is 15.0. The third kappa shape index (κ3) is 2.85. The molecule has 1 atom stereocenters. The van der Waals surface area contributed by atoms with Gasteiger partial charge in [0.1, 0.15) is 0 Å². The topological polar surface area (TPSA) is 40.7 Å². The first-order chi connectivity index (χ1) is 7.92. The van der Waals surface area contributed by atoms with Crippen LogP contribution in [0, 0.1) is 0 Å². The first kappa shape index (κ1) is 11.6. The number of nitrogens with one attached hydrogen (secondary N) is 2. The molecule has 16 heavy (non-hydrogen) atoms. The first-order valence-corrected chi connectivity index (χ1v) is 6.67. The molecule has 0 spiro atoms. The Morgan fingerprint density at radius 3 is 3.06 bits per heavy atom. The molecule has 90 valence electrons. The van der Waals surface area contributed by atoms with Crippen LogP contribution in [0.5, 0.6) is 0 Å². The van der Waals surface area contributed by atoms with E-state index in [0.29, 0.717) is 6.04 Å². The molecule has 1 unspecified atom stereocenters. The van der Waals surface area contributed by atoms with Gasteiger partial charge in [0.25, 0.3) is 0 Å². The Labute approximate surface area is 98.1 Å². The lowest BCUT2D eigenvalue weighted by molar-refractivity contribution is 0.440. The van der Waals surface area contributed by atoms with Crippen molar-refractivity contribution in [2.75, 3.05) is 6.54 Å². The van der Waals surface area contributed by atoms with Crippen molar-refractivity contribution in [2.24, 2.45) is 0 Å². The third-order valence-electron chi connectivity index (χ3n) is 3.44. The number of nitrogens with zero attached hydrogens (tertiary/aromatic N) is 1. The number of imidazole rings is 1. The summed E-state index contributed by atoms with van der Waals surface area (Å²) in [5, 5.41) is 3.57. The number of hydrogen-bond acceptors (Lipinski definition) is 2. The maximum Gasteiger partial charge on any atom is 0.0925 e. The molecule has 0 aliphatic carbocycles. The number of unbranched alkanes of at least 4 members (excludes halogenated alkanes) is 4. The molecule has 0 amide bonds. The van der Waals surface area contributed by atoms with Crippen molar-refractivity contribution < 1.29 is 0 Å². The normalized spacial score (nSPS) is 19.7. The van der Waals surface area contributed by atoms with Gasteiger partial charge in [0.2, 0.25) is 0 Å². The number of fused-ring (bicyclic) bond motifs is 1. The van der Waals surface area contributed by atoms with Gasteiger partial charge in [0.05, 0.1) is 18.1 Å². The Hall–Kier alpha value is -0.830. The molecule has 2 rings (SSSR count). The number of aromatic nitrogens is 2. The van der Waals surface area contributed by atoms with E-state index in [4.69, 9.17) is 0 Å². The first-order valence-electron chi connectivity index (χ1n) is 6.67. The summed E-state index contributed by atoms with van der Waals surface area (Å²) in [5.41, 5.74) is 2.61. The molecular formula is C13H23N3. The lowest BCUT2D eigenvalue weighted by atomic mass is 9.99. The van der Waals surface area contributed by atoms with E-state index in [-0.39, 0.29) is 0 Å². The minimum atomic E-state index is 0.497. The van der Waals surface area contributed by atoms with Crippen molar-refractivity contribution in [3.05, 3.63) is 17.7 Å². The van der Waals surface area contributed by atoms with Crippen LogP contribution in [-0.4, -0.2) is 16.5 Å². The maximum absolute atomic E-state index is 4.44. The second-order valence-electron chi connectivity index (χ2n) is 4.73. The quantitative estimate of drug-likeness (QED) is 0.725. The lowest BCUT2D eigenvalue weighted by Gasteiger charge is -2.22. The van der Waals surface area contributed by atoms with Crippen molar-refractivity contribution in [2.45, 2.75) is 57.9 Å². The SMILES string of the molecule is CCCCCCCC1NCCc2[nH]cnc21. The Morgan fingerprint density at radius 2 is 2.19 bits per heavy atom. The average molecular weight is 221 g/mol. The minimum absolute atomic E-state index is 0.497. The third-order valence-corrected chi connectivity index (χ3v) is 3.44. The summed E-state index contributed by atoms with van der Waals surface area (Å²) in [5.74, 6) is 0. The molecule has 3 heteroatoms. The summed E-state index contributed by atoms with van der Waals surface area (Å²) in [6.45, 7) is 3.35. The fraction of sp³-hybridized carbons (Fsp3) is 0.769. The number of aromatic amines is 1. The summed E-state index contributed by atoms with van der Waals surface area (Å²) >= 11 is 0. The molecule has 0 aromatic carbocycles. The van der Waals surface area contributed by atoms with Gasteiger partial charge in [-0.2, -0.15) is 0 Å². The zero-order valence-corrected chi connectivity index (χ0v) is 10.3. The second-order valence-corrected chi connectivity index (χ2v) is 4.73. The Balaban J connectivity index is 1.75. The van der Waals surface area contributed by atoms with Gasteiger partial charge in [-0.05, 0) is 6.42 Å². The Kier molecular flexibility index (Phi) is 4.40. The van der Waals surface area contributed by atoms with E-state index < -0.39 is 0 Å². The average Bonchev–Trinajstić information content (AvgIpc) is 2.77. The highest BCUT2D eigenvalue weighted by Gasteiger charge is 2.21. The van der Waals surface area contributed by atoms with Crippen LogP contribution < -0.4 is 5.32 Å². The van der Waals surface area contributed by atoms with Crippen molar-refractivity contribution in [3.8, 4) is 0 Å². The van der Waals surface area contributed by atoms with E-state index in [2.05, 4.69) is 22.2 Å². The van der Waals surface area contributed by atoms with E-state index in [9.17, 15) is 0 Å². The van der Waals surface area contributed by atoms with Crippen LogP contribution in [0.4, 0.5) is 0 Å². The van der Waals surface area contributed by atoms with Crippen LogP contribution in [0.15, 0.2) is 6.33 Å². The second kappa shape index (κ2) is 6.04. The van der Waals surface area contributed by atoms with Crippen LogP contribution in [0.2, 0.25) is 0 Å². The van der Waals surface area contributed by atoms with E-state index in [1.165, 1.54) is 49.9 Å². The monoisotopic (exact) mass is 221 g/mol. The molecule has 0 saturated heterocycles. The molecule has 0 fully saturated rings. The van der Waals surface area contributed by atoms with Crippen LogP contribution in [-0.2, 0) is 6.42 Å². The summed E-state index contributed by atoms with van der Waals surface area (Å²) in [6, 6.07) is 0.497. The van der Waals surface area contributed by atoms with Gasteiger partial charge in [-0.15, -0.1) is 0 Å². The lowest BCUT2D eigenvalue weighted by Crippen LogP contribution is -2.29. The fourth-order valence-corrected chi connectivity index (χ4v) is 2.49. The highest BCUT2D eigenvalue weighted by molar-refractivity contribution is 5.18. The number of rotatable bonds is 6. The number of H-pyrrole nitrogens is 1. The predicted octanol–water partition coefficient (Wildman–Crippen LogP) is 2.96. The largest absolute Gasteiger partial charge is 0.348 e. The summed E-state index contributed by atoms with van der Waals surface area (Å²) in [4.78, 5) is 7.68. The molecule has 2 N–H and O–H groups in total. The fourth-order valence-electron chi connectivity index (χ4n) is 2.49. The molecule has 1 aliphatic heterocycles. The molecule has 1 aromatic heterocycles. The van der Waals surface area contributed by atoms with Crippen LogP contribution in [0.25, 0.3) is 0 Å². The Bertz CT molecular complexity index is 306. The molecule has 1 aromatic rings. The highest BCUT2D eigenvalue weighted by Crippen LogP contribution is 2.24. The van der Waals surface area contributed by atoms with E-state index in [0.717, 1.165) is 13.0 Å². The van der Waals surface area contributed by atoms with Crippen LogP contribution >= 0.6 is 0 Å². The van der Waals surface area contributed by atoms with Gasteiger partial charge in [-0.1, -0.05) is 39.0 Å². The van der Waals surface area contributed by atoms with Crippen LogP contribution in [0.3, 0.4) is 0 Å². The van der Waals surface area contributed by atoms with Gasteiger partial charge in [0.15, 0.2) is 0 Å². The maximum atomic E-state index is 4.44.